The summed E-state index contributed by atoms with van der Waals surface area (Å²) in [6.45, 7) is 0.159. The van der Waals surface area contributed by atoms with Gasteiger partial charge in [-0.15, -0.1) is 11.6 Å². The molecule has 0 aliphatic heterocycles. The van der Waals surface area contributed by atoms with Gasteiger partial charge in [0.05, 0.1) is 23.1 Å². The van der Waals surface area contributed by atoms with E-state index in [4.69, 9.17) is 21.6 Å². The monoisotopic (exact) mass is 299 g/mol. The molecule has 0 amide bonds. The Hall–Kier alpha value is -2.49. The minimum Gasteiger partial charge on any atom is -0.488 e. The van der Waals surface area contributed by atoms with E-state index in [2.05, 4.69) is 11.8 Å². The molecule has 2 aromatic carbocycles. The van der Waals surface area contributed by atoms with Gasteiger partial charge < -0.3 is 4.74 Å². The molecule has 0 saturated carbocycles. The maximum Gasteiger partial charge on any atom is 0.135 e. The number of nitriles is 1. The van der Waals surface area contributed by atoms with Crippen LogP contribution < -0.4 is 4.74 Å². The molecule has 2 aromatic rings. The molecule has 21 heavy (non-hydrogen) atoms. The average molecular weight is 300 g/mol. The van der Waals surface area contributed by atoms with E-state index in [1.807, 2.05) is 24.3 Å². The Morgan fingerprint density at radius 3 is 2.76 bits per heavy atom. The highest BCUT2D eigenvalue weighted by molar-refractivity contribution is 6.19. The van der Waals surface area contributed by atoms with Crippen LogP contribution in [0.25, 0.3) is 0 Å². The maximum atomic E-state index is 13.3. The second kappa shape index (κ2) is 7.33. The summed E-state index contributed by atoms with van der Waals surface area (Å²) in [5, 5.41) is 8.82. The van der Waals surface area contributed by atoms with Crippen molar-refractivity contribution in [2.75, 3.05) is 5.88 Å². The first-order valence-corrected chi connectivity index (χ1v) is 6.72. The molecule has 4 heteroatoms. The maximum absolute atomic E-state index is 13.3. The fourth-order valence-corrected chi connectivity index (χ4v) is 1.85. The van der Waals surface area contributed by atoms with Gasteiger partial charge in [-0.3, -0.25) is 0 Å². The Balaban J connectivity index is 2.17. The minimum absolute atomic E-state index is 0.159. The van der Waals surface area contributed by atoms with Crippen LogP contribution in [-0.4, -0.2) is 5.88 Å². The van der Waals surface area contributed by atoms with Gasteiger partial charge in [0.15, 0.2) is 0 Å². The van der Waals surface area contributed by atoms with Crippen LogP contribution in [0.4, 0.5) is 4.39 Å². The second-order valence-electron chi connectivity index (χ2n) is 4.18. The van der Waals surface area contributed by atoms with Gasteiger partial charge in [0.1, 0.15) is 18.2 Å². The lowest BCUT2D eigenvalue weighted by molar-refractivity contribution is 0.304. The highest BCUT2D eigenvalue weighted by Crippen LogP contribution is 2.19. The third-order valence-corrected chi connectivity index (χ3v) is 2.79. The summed E-state index contributed by atoms with van der Waals surface area (Å²) in [4.78, 5) is 0. The van der Waals surface area contributed by atoms with Crippen molar-refractivity contribution < 1.29 is 9.13 Å². The van der Waals surface area contributed by atoms with Crippen molar-refractivity contribution in [1.82, 2.24) is 0 Å². The van der Waals surface area contributed by atoms with Gasteiger partial charge in [-0.25, -0.2) is 4.39 Å². The number of halogens is 2. The van der Waals surface area contributed by atoms with Crippen molar-refractivity contribution in [1.29, 1.82) is 5.26 Å². The number of hydrogen-bond donors (Lipinski definition) is 0. The van der Waals surface area contributed by atoms with Crippen LogP contribution in [0, 0.1) is 29.0 Å². The molecule has 2 nitrogen and oxygen atoms in total. The Morgan fingerprint density at radius 1 is 1.19 bits per heavy atom. The van der Waals surface area contributed by atoms with Crippen LogP contribution in [0.5, 0.6) is 5.75 Å². The molecule has 0 saturated heterocycles. The fraction of sp³-hybridized carbons (Fsp3) is 0.118. The zero-order chi connectivity index (χ0) is 15.1. The molecular weight excluding hydrogens is 289 g/mol. The number of ether oxygens (including phenoxy) is 1. The van der Waals surface area contributed by atoms with Crippen molar-refractivity contribution in [3.05, 3.63) is 65.0 Å². The first-order chi connectivity index (χ1) is 10.2. The summed E-state index contributed by atoms with van der Waals surface area (Å²) < 4.78 is 19.0. The summed E-state index contributed by atoms with van der Waals surface area (Å²) in [5.41, 5.74) is 1.57. The van der Waals surface area contributed by atoms with Crippen LogP contribution in [-0.2, 0) is 6.61 Å². The van der Waals surface area contributed by atoms with Gasteiger partial charge in [0.25, 0.3) is 0 Å². The quantitative estimate of drug-likeness (QED) is 0.637. The molecular formula is C17H11ClFNO. The summed E-state index contributed by atoms with van der Waals surface area (Å²) in [6.07, 6.45) is 0. The zero-order valence-corrected chi connectivity index (χ0v) is 11.8. The van der Waals surface area contributed by atoms with Gasteiger partial charge in [0.2, 0.25) is 0 Å². The van der Waals surface area contributed by atoms with E-state index in [0.29, 0.717) is 11.3 Å². The third kappa shape index (κ3) is 4.24. The van der Waals surface area contributed by atoms with Gasteiger partial charge in [-0.05, 0) is 35.9 Å². The summed E-state index contributed by atoms with van der Waals surface area (Å²) >= 11 is 5.54. The Morgan fingerprint density at radius 2 is 2.00 bits per heavy atom. The summed E-state index contributed by atoms with van der Waals surface area (Å²) in [5.74, 6) is 6.04. The van der Waals surface area contributed by atoms with Crippen LogP contribution in [0.1, 0.15) is 16.7 Å². The Bertz CT molecular complexity index is 740. The van der Waals surface area contributed by atoms with Crippen LogP contribution in [0.2, 0.25) is 0 Å². The van der Waals surface area contributed by atoms with Crippen molar-refractivity contribution in [3.8, 4) is 23.7 Å². The number of hydrogen-bond acceptors (Lipinski definition) is 2. The third-order valence-electron chi connectivity index (χ3n) is 2.66. The van der Waals surface area contributed by atoms with Crippen molar-refractivity contribution in [2.45, 2.75) is 6.61 Å². The minimum atomic E-state index is -0.456. The predicted molar refractivity (Wildman–Crippen MR) is 79.5 cm³/mol. The van der Waals surface area contributed by atoms with Gasteiger partial charge in [0, 0.05) is 0 Å². The van der Waals surface area contributed by atoms with Crippen LogP contribution in [0.3, 0.4) is 0 Å². The number of alkyl halides is 1. The SMILES string of the molecule is N#Cc1cc(F)cc(COc2ccccc2C#CCCl)c1. The lowest BCUT2D eigenvalue weighted by Gasteiger charge is -2.08. The van der Waals surface area contributed by atoms with E-state index < -0.39 is 5.82 Å². The highest BCUT2D eigenvalue weighted by Gasteiger charge is 2.04. The van der Waals surface area contributed by atoms with E-state index in [-0.39, 0.29) is 18.1 Å². The molecule has 0 fully saturated rings. The summed E-state index contributed by atoms with van der Waals surface area (Å²) in [7, 11) is 0. The normalized spacial score (nSPS) is 9.38. The molecule has 0 aliphatic rings. The molecule has 0 radical (unpaired) electrons. The predicted octanol–water partition coefficient (Wildman–Crippen LogP) is 3.87. The number of benzene rings is 2. The van der Waals surface area contributed by atoms with Gasteiger partial charge in [-0.1, -0.05) is 24.0 Å². The number of rotatable bonds is 3. The largest absolute Gasteiger partial charge is 0.488 e. The van der Waals surface area contributed by atoms with E-state index in [1.165, 1.54) is 12.1 Å². The first kappa shape index (κ1) is 14.9. The molecule has 104 valence electrons. The molecule has 0 atom stereocenters. The van der Waals surface area contributed by atoms with E-state index in [0.717, 1.165) is 5.56 Å². The molecule has 2 rings (SSSR count). The molecule has 0 N–H and O–H groups in total. The smallest absolute Gasteiger partial charge is 0.135 e. The zero-order valence-electron chi connectivity index (χ0n) is 11.1. The van der Waals surface area contributed by atoms with Crippen molar-refractivity contribution >= 4 is 11.6 Å². The molecule has 0 aliphatic carbocycles. The van der Waals surface area contributed by atoms with Crippen LogP contribution >= 0.6 is 11.6 Å². The number of para-hydroxylation sites is 1. The van der Waals surface area contributed by atoms with Crippen LogP contribution in [0.15, 0.2) is 42.5 Å². The van der Waals surface area contributed by atoms with Crippen molar-refractivity contribution in [2.24, 2.45) is 0 Å². The molecule has 0 spiro atoms. The lowest BCUT2D eigenvalue weighted by atomic mass is 10.1. The fourth-order valence-electron chi connectivity index (χ4n) is 1.78. The topological polar surface area (TPSA) is 33.0 Å². The molecule has 0 heterocycles. The molecule has 0 aromatic heterocycles. The lowest BCUT2D eigenvalue weighted by Crippen LogP contribution is -1.98. The number of nitrogens with zero attached hydrogens (tertiary/aromatic N) is 1. The van der Waals surface area contributed by atoms with Gasteiger partial charge in [-0.2, -0.15) is 5.26 Å². The highest BCUT2D eigenvalue weighted by atomic mass is 35.5. The van der Waals surface area contributed by atoms with Crippen molar-refractivity contribution in [3.63, 3.8) is 0 Å². The molecule has 0 bridgehead atoms. The van der Waals surface area contributed by atoms with Gasteiger partial charge >= 0.3 is 0 Å². The average Bonchev–Trinajstić information content (AvgIpc) is 2.51. The standard InChI is InChI=1S/C17H11ClFNO/c18-7-3-5-15-4-1-2-6-17(15)21-12-14-8-13(11-20)9-16(19)10-14/h1-2,4,6,8-10H,7,12H2. The molecule has 0 unspecified atom stereocenters. The summed E-state index contributed by atoms with van der Waals surface area (Å²) in [6, 6.07) is 13.3. The Kier molecular flexibility index (Phi) is 5.21. The van der Waals surface area contributed by atoms with E-state index in [9.17, 15) is 4.39 Å². The van der Waals surface area contributed by atoms with E-state index >= 15 is 0 Å². The van der Waals surface area contributed by atoms with E-state index in [1.54, 1.807) is 12.1 Å². The Labute approximate surface area is 127 Å². The second-order valence-corrected chi connectivity index (χ2v) is 4.45. The first-order valence-electron chi connectivity index (χ1n) is 6.19.